The average Bonchev–Trinajstić information content (AvgIpc) is 2.94. The van der Waals surface area contributed by atoms with Gasteiger partial charge in [-0.15, -0.1) is 11.3 Å². The molecule has 1 heterocycles. The number of carbonyl (C=O) groups is 1. The number of thiophene rings is 1. The van der Waals surface area contributed by atoms with E-state index in [0.29, 0.717) is 11.6 Å². The molecule has 0 radical (unpaired) electrons. The highest BCUT2D eigenvalue weighted by molar-refractivity contribution is 9.10. The summed E-state index contributed by atoms with van der Waals surface area (Å²) >= 11 is 10.8. The van der Waals surface area contributed by atoms with Gasteiger partial charge in [0.25, 0.3) is 0 Å². The molecule has 0 fully saturated rings. The molecule has 0 aliphatic rings. The number of ether oxygens (including phenoxy) is 1. The number of carbonyl (C=O) groups excluding carboxylic acids is 1. The van der Waals surface area contributed by atoms with Crippen LogP contribution < -0.4 is 5.32 Å². The van der Waals surface area contributed by atoms with E-state index in [4.69, 9.17) is 16.3 Å². The molecule has 0 saturated carbocycles. The van der Waals surface area contributed by atoms with Crippen LogP contribution in [0.25, 0.3) is 0 Å². The molecule has 1 aromatic carbocycles. The minimum absolute atomic E-state index is 0.291. The Morgan fingerprint density at radius 3 is 2.90 bits per heavy atom. The molecule has 2 aromatic rings. The van der Waals surface area contributed by atoms with Gasteiger partial charge in [0, 0.05) is 15.0 Å². The maximum absolute atomic E-state index is 12.1. The maximum Gasteiger partial charge on any atom is 0.334 e. The summed E-state index contributed by atoms with van der Waals surface area (Å²) in [5, 5.41) is 5.74. The highest BCUT2D eigenvalue weighted by atomic mass is 79.9. The van der Waals surface area contributed by atoms with Crippen molar-refractivity contribution in [3.05, 3.63) is 50.1 Å². The lowest BCUT2D eigenvalue weighted by Crippen LogP contribution is -2.22. The SMILES string of the molecule is CCOC(=O)C(Nc1ccc(Cl)c(Br)c1)c1cccs1. The van der Waals surface area contributed by atoms with Gasteiger partial charge in [0.15, 0.2) is 6.04 Å². The molecule has 3 nitrogen and oxygen atoms in total. The van der Waals surface area contributed by atoms with Crippen molar-refractivity contribution in [3.63, 3.8) is 0 Å². The van der Waals surface area contributed by atoms with Crippen molar-refractivity contribution in [2.75, 3.05) is 11.9 Å². The van der Waals surface area contributed by atoms with Crippen LogP contribution in [0.4, 0.5) is 5.69 Å². The Hall–Kier alpha value is -1.04. The Kier molecular flexibility index (Phi) is 5.46. The van der Waals surface area contributed by atoms with E-state index in [1.165, 1.54) is 11.3 Å². The van der Waals surface area contributed by atoms with Crippen molar-refractivity contribution in [1.29, 1.82) is 0 Å². The molecule has 1 N–H and O–H groups in total. The van der Waals surface area contributed by atoms with Crippen LogP contribution in [0.3, 0.4) is 0 Å². The standard InChI is InChI=1S/C14H13BrClNO2S/c1-2-19-14(18)13(12-4-3-7-20-12)17-9-5-6-11(16)10(15)8-9/h3-8,13,17H,2H2,1H3. The Balaban J connectivity index is 2.23. The van der Waals surface area contributed by atoms with Crippen LogP contribution in [0.15, 0.2) is 40.2 Å². The summed E-state index contributed by atoms with van der Waals surface area (Å²) in [5.41, 5.74) is 0.799. The predicted molar refractivity (Wildman–Crippen MR) is 86.5 cm³/mol. The first-order valence-corrected chi connectivity index (χ1v) is 8.08. The minimum atomic E-state index is -0.511. The average molecular weight is 375 g/mol. The van der Waals surface area contributed by atoms with E-state index in [2.05, 4.69) is 21.2 Å². The number of rotatable bonds is 5. The highest BCUT2D eigenvalue weighted by Crippen LogP contribution is 2.29. The van der Waals surface area contributed by atoms with Gasteiger partial charge in [0.1, 0.15) is 0 Å². The second kappa shape index (κ2) is 7.11. The zero-order chi connectivity index (χ0) is 14.5. The summed E-state index contributed by atoms with van der Waals surface area (Å²) in [4.78, 5) is 13.0. The molecule has 0 saturated heterocycles. The lowest BCUT2D eigenvalue weighted by atomic mass is 10.2. The van der Waals surface area contributed by atoms with Crippen LogP contribution in [0, 0.1) is 0 Å². The summed E-state index contributed by atoms with van der Waals surface area (Å²) in [5.74, 6) is -0.291. The monoisotopic (exact) mass is 373 g/mol. The number of benzene rings is 1. The first kappa shape index (κ1) is 15.4. The molecule has 0 aliphatic carbocycles. The van der Waals surface area contributed by atoms with Crippen molar-refractivity contribution in [2.45, 2.75) is 13.0 Å². The van der Waals surface area contributed by atoms with E-state index in [1.807, 2.05) is 29.6 Å². The third-order valence-corrected chi connectivity index (χ3v) is 4.73. The molecule has 0 bridgehead atoms. The number of hydrogen-bond donors (Lipinski definition) is 1. The van der Waals surface area contributed by atoms with E-state index in [1.54, 1.807) is 13.0 Å². The molecule has 20 heavy (non-hydrogen) atoms. The molecule has 2 rings (SSSR count). The Labute approximate surface area is 135 Å². The lowest BCUT2D eigenvalue weighted by molar-refractivity contribution is -0.144. The van der Waals surface area contributed by atoms with Crippen LogP contribution in [0.1, 0.15) is 17.8 Å². The van der Waals surface area contributed by atoms with Gasteiger partial charge in [-0.25, -0.2) is 4.79 Å². The van der Waals surface area contributed by atoms with E-state index < -0.39 is 6.04 Å². The second-order valence-corrected chi connectivity index (χ2v) is 6.21. The fourth-order valence-electron chi connectivity index (χ4n) is 1.68. The predicted octanol–water partition coefficient (Wildman–Crippen LogP) is 4.88. The summed E-state index contributed by atoms with van der Waals surface area (Å²) in [6, 6.07) is 8.73. The smallest absolute Gasteiger partial charge is 0.334 e. The Bertz CT molecular complexity index is 589. The molecule has 0 aliphatic heterocycles. The molecular formula is C14H13BrClNO2S. The molecular weight excluding hydrogens is 362 g/mol. The lowest BCUT2D eigenvalue weighted by Gasteiger charge is -2.17. The Morgan fingerprint density at radius 1 is 1.50 bits per heavy atom. The minimum Gasteiger partial charge on any atom is -0.464 e. The normalized spacial score (nSPS) is 11.9. The fourth-order valence-corrected chi connectivity index (χ4v) is 2.94. The highest BCUT2D eigenvalue weighted by Gasteiger charge is 2.23. The first-order chi connectivity index (χ1) is 9.61. The number of anilines is 1. The summed E-state index contributed by atoms with van der Waals surface area (Å²) in [6.07, 6.45) is 0. The summed E-state index contributed by atoms with van der Waals surface area (Å²) < 4.78 is 5.90. The van der Waals surface area contributed by atoms with Gasteiger partial charge < -0.3 is 10.1 Å². The van der Waals surface area contributed by atoms with Crippen molar-refractivity contribution < 1.29 is 9.53 Å². The molecule has 1 unspecified atom stereocenters. The van der Waals surface area contributed by atoms with Gasteiger partial charge in [0.05, 0.1) is 11.6 Å². The second-order valence-electron chi connectivity index (χ2n) is 3.97. The van der Waals surface area contributed by atoms with Crippen LogP contribution in [-0.4, -0.2) is 12.6 Å². The molecule has 0 spiro atoms. The van der Waals surface area contributed by atoms with Crippen molar-refractivity contribution in [1.82, 2.24) is 0 Å². The Morgan fingerprint density at radius 2 is 2.30 bits per heavy atom. The molecule has 0 amide bonds. The number of nitrogens with one attached hydrogen (secondary N) is 1. The van der Waals surface area contributed by atoms with E-state index >= 15 is 0 Å². The van der Waals surface area contributed by atoms with E-state index in [0.717, 1.165) is 15.0 Å². The van der Waals surface area contributed by atoms with E-state index in [-0.39, 0.29) is 5.97 Å². The van der Waals surface area contributed by atoms with Crippen LogP contribution >= 0.6 is 38.9 Å². The quantitative estimate of drug-likeness (QED) is 0.758. The molecule has 106 valence electrons. The van der Waals surface area contributed by atoms with Gasteiger partial charge in [0.2, 0.25) is 0 Å². The van der Waals surface area contributed by atoms with Gasteiger partial charge in [-0.2, -0.15) is 0 Å². The number of hydrogen-bond acceptors (Lipinski definition) is 4. The molecule has 1 atom stereocenters. The largest absolute Gasteiger partial charge is 0.464 e. The van der Waals surface area contributed by atoms with Crippen molar-refractivity contribution >= 4 is 50.5 Å². The third kappa shape index (κ3) is 3.75. The summed E-state index contributed by atoms with van der Waals surface area (Å²) in [6.45, 7) is 2.15. The third-order valence-electron chi connectivity index (χ3n) is 2.58. The maximum atomic E-state index is 12.1. The number of esters is 1. The van der Waals surface area contributed by atoms with Crippen molar-refractivity contribution in [3.8, 4) is 0 Å². The fraction of sp³-hybridized carbons (Fsp3) is 0.214. The topological polar surface area (TPSA) is 38.3 Å². The van der Waals surface area contributed by atoms with E-state index in [9.17, 15) is 4.79 Å². The zero-order valence-electron chi connectivity index (χ0n) is 10.7. The van der Waals surface area contributed by atoms with Gasteiger partial charge in [-0.3, -0.25) is 0 Å². The van der Waals surface area contributed by atoms with Gasteiger partial charge in [-0.05, 0) is 52.5 Å². The van der Waals surface area contributed by atoms with Gasteiger partial charge >= 0.3 is 5.97 Å². The van der Waals surface area contributed by atoms with Gasteiger partial charge in [-0.1, -0.05) is 17.7 Å². The number of halogens is 2. The van der Waals surface area contributed by atoms with Crippen LogP contribution in [0.5, 0.6) is 0 Å². The molecule has 1 aromatic heterocycles. The summed E-state index contributed by atoms with van der Waals surface area (Å²) in [7, 11) is 0. The first-order valence-electron chi connectivity index (χ1n) is 6.03. The van der Waals surface area contributed by atoms with Crippen molar-refractivity contribution in [2.24, 2.45) is 0 Å². The molecule has 6 heteroatoms. The zero-order valence-corrected chi connectivity index (χ0v) is 13.9. The van der Waals surface area contributed by atoms with Crippen LogP contribution in [-0.2, 0) is 9.53 Å². The van der Waals surface area contributed by atoms with Crippen LogP contribution in [0.2, 0.25) is 5.02 Å².